The number of nitrogens with one attached hydrogen (secondary N) is 1. The SMILES string of the molecule is Cc1nc(-c2ccsc2)ccc1C(=O)Nc1nncs1. The topological polar surface area (TPSA) is 67.8 Å². The standard InChI is InChI=1S/C13H10N4OS2/c1-8-10(12(18)16-13-17-14-7-20-13)2-3-11(15-8)9-4-5-19-6-9/h2-7H,1H3,(H,16,17,18). The molecule has 3 heterocycles. The summed E-state index contributed by atoms with van der Waals surface area (Å²) in [6.45, 7) is 1.82. The Hall–Kier alpha value is -2.12. The number of aromatic nitrogens is 3. The Morgan fingerprint density at radius 3 is 2.85 bits per heavy atom. The molecule has 0 unspecified atom stereocenters. The van der Waals surface area contributed by atoms with Gasteiger partial charge in [0.25, 0.3) is 5.91 Å². The van der Waals surface area contributed by atoms with Crippen LogP contribution >= 0.6 is 22.7 Å². The summed E-state index contributed by atoms with van der Waals surface area (Å²) in [6.07, 6.45) is 0. The molecule has 0 atom stereocenters. The lowest BCUT2D eigenvalue weighted by Gasteiger charge is -2.06. The zero-order valence-electron chi connectivity index (χ0n) is 10.5. The van der Waals surface area contributed by atoms with E-state index >= 15 is 0 Å². The zero-order valence-corrected chi connectivity index (χ0v) is 12.2. The second kappa shape index (κ2) is 5.48. The highest BCUT2D eigenvalue weighted by Crippen LogP contribution is 2.22. The molecule has 5 nitrogen and oxygen atoms in total. The fourth-order valence-electron chi connectivity index (χ4n) is 1.76. The number of amides is 1. The summed E-state index contributed by atoms with van der Waals surface area (Å²) in [6, 6.07) is 5.64. The molecule has 0 saturated carbocycles. The molecule has 0 aliphatic carbocycles. The van der Waals surface area contributed by atoms with Gasteiger partial charge in [-0.15, -0.1) is 10.2 Å². The highest BCUT2D eigenvalue weighted by atomic mass is 32.1. The van der Waals surface area contributed by atoms with Crippen molar-refractivity contribution in [2.45, 2.75) is 6.92 Å². The van der Waals surface area contributed by atoms with Crippen LogP contribution < -0.4 is 5.32 Å². The van der Waals surface area contributed by atoms with Gasteiger partial charge >= 0.3 is 0 Å². The summed E-state index contributed by atoms with van der Waals surface area (Å²) < 4.78 is 0. The third-order valence-corrected chi connectivity index (χ3v) is 4.02. The van der Waals surface area contributed by atoms with Gasteiger partial charge in [-0.25, -0.2) is 0 Å². The Bertz CT molecular complexity index is 723. The normalized spacial score (nSPS) is 10.4. The number of carbonyl (C=O) groups excluding carboxylic acids is 1. The summed E-state index contributed by atoms with van der Waals surface area (Å²) in [7, 11) is 0. The molecule has 0 radical (unpaired) electrons. The van der Waals surface area contributed by atoms with Crippen molar-refractivity contribution in [3.8, 4) is 11.3 Å². The van der Waals surface area contributed by atoms with E-state index in [1.807, 2.05) is 29.8 Å². The minimum absolute atomic E-state index is 0.219. The maximum Gasteiger partial charge on any atom is 0.259 e. The molecular weight excluding hydrogens is 292 g/mol. The van der Waals surface area contributed by atoms with Crippen molar-refractivity contribution in [3.05, 3.63) is 45.7 Å². The van der Waals surface area contributed by atoms with Crippen LogP contribution in [-0.4, -0.2) is 21.1 Å². The Kier molecular flexibility index (Phi) is 3.53. The fraction of sp³-hybridized carbons (Fsp3) is 0.0769. The number of rotatable bonds is 3. The van der Waals surface area contributed by atoms with Gasteiger partial charge in [0, 0.05) is 10.9 Å². The highest BCUT2D eigenvalue weighted by molar-refractivity contribution is 7.13. The van der Waals surface area contributed by atoms with Crippen LogP contribution in [0.15, 0.2) is 34.5 Å². The molecule has 0 saturated heterocycles. The molecule has 0 aliphatic rings. The molecule has 7 heteroatoms. The predicted octanol–water partition coefficient (Wildman–Crippen LogP) is 3.22. The lowest BCUT2D eigenvalue weighted by molar-refractivity contribution is 0.102. The smallest absolute Gasteiger partial charge is 0.259 e. The Labute approximate surface area is 123 Å². The zero-order chi connectivity index (χ0) is 13.9. The van der Waals surface area contributed by atoms with Crippen molar-refractivity contribution in [3.63, 3.8) is 0 Å². The Morgan fingerprint density at radius 2 is 2.20 bits per heavy atom. The average Bonchev–Trinajstić information content (AvgIpc) is 3.11. The first-order valence-corrected chi connectivity index (χ1v) is 7.64. The summed E-state index contributed by atoms with van der Waals surface area (Å²) >= 11 is 2.90. The molecule has 1 N–H and O–H groups in total. The van der Waals surface area contributed by atoms with Crippen molar-refractivity contribution < 1.29 is 4.79 Å². The molecular formula is C13H10N4OS2. The third-order valence-electron chi connectivity index (χ3n) is 2.73. The van der Waals surface area contributed by atoms with Gasteiger partial charge in [-0.2, -0.15) is 11.3 Å². The first-order chi connectivity index (χ1) is 9.74. The van der Waals surface area contributed by atoms with Gasteiger partial charge in [-0.3, -0.25) is 15.1 Å². The quantitative estimate of drug-likeness (QED) is 0.806. The van der Waals surface area contributed by atoms with Gasteiger partial charge < -0.3 is 0 Å². The van der Waals surface area contributed by atoms with E-state index in [-0.39, 0.29) is 5.91 Å². The molecule has 1 amide bonds. The largest absolute Gasteiger partial charge is 0.296 e. The van der Waals surface area contributed by atoms with Gasteiger partial charge in [-0.1, -0.05) is 11.3 Å². The van der Waals surface area contributed by atoms with Gasteiger partial charge in [0.1, 0.15) is 5.51 Å². The molecule has 0 aliphatic heterocycles. The Morgan fingerprint density at radius 1 is 1.30 bits per heavy atom. The van der Waals surface area contributed by atoms with Crippen molar-refractivity contribution in [1.29, 1.82) is 0 Å². The molecule has 0 bridgehead atoms. The van der Waals surface area contributed by atoms with E-state index in [1.54, 1.807) is 22.9 Å². The van der Waals surface area contributed by atoms with E-state index in [2.05, 4.69) is 20.5 Å². The number of aryl methyl sites for hydroxylation is 1. The number of thiophene rings is 1. The lowest BCUT2D eigenvalue weighted by atomic mass is 10.1. The number of hydrogen-bond donors (Lipinski definition) is 1. The van der Waals surface area contributed by atoms with E-state index in [4.69, 9.17) is 0 Å². The highest BCUT2D eigenvalue weighted by Gasteiger charge is 2.13. The van der Waals surface area contributed by atoms with Crippen LogP contribution in [0.25, 0.3) is 11.3 Å². The molecule has 3 aromatic rings. The van der Waals surface area contributed by atoms with E-state index in [0.717, 1.165) is 11.3 Å². The van der Waals surface area contributed by atoms with E-state index in [9.17, 15) is 4.79 Å². The number of carbonyl (C=O) groups is 1. The van der Waals surface area contributed by atoms with E-state index in [1.165, 1.54) is 11.3 Å². The fourth-order valence-corrected chi connectivity index (χ4v) is 2.85. The number of pyridine rings is 1. The van der Waals surface area contributed by atoms with Crippen LogP contribution in [0, 0.1) is 6.92 Å². The lowest BCUT2D eigenvalue weighted by Crippen LogP contribution is -2.14. The molecule has 20 heavy (non-hydrogen) atoms. The molecule has 0 fully saturated rings. The molecule has 100 valence electrons. The maximum absolute atomic E-state index is 12.1. The number of hydrogen-bond acceptors (Lipinski definition) is 6. The predicted molar refractivity (Wildman–Crippen MR) is 80.1 cm³/mol. The monoisotopic (exact) mass is 302 g/mol. The Balaban J connectivity index is 1.86. The van der Waals surface area contributed by atoms with Crippen molar-refractivity contribution in [2.24, 2.45) is 0 Å². The minimum atomic E-state index is -0.219. The second-order valence-corrected chi connectivity index (χ2v) is 5.65. The first kappa shape index (κ1) is 12.9. The summed E-state index contributed by atoms with van der Waals surface area (Å²) in [4.78, 5) is 16.6. The molecule has 0 aromatic carbocycles. The number of anilines is 1. The van der Waals surface area contributed by atoms with Crippen LogP contribution in [0.1, 0.15) is 16.1 Å². The van der Waals surface area contributed by atoms with Crippen LogP contribution in [0.3, 0.4) is 0 Å². The van der Waals surface area contributed by atoms with Gasteiger partial charge in [0.2, 0.25) is 5.13 Å². The van der Waals surface area contributed by atoms with Gasteiger partial charge in [-0.05, 0) is 30.5 Å². The molecule has 3 aromatic heterocycles. The minimum Gasteiger partial charge on any atom is -0.296 e. The van der Waals surface area contributed by atoms with Crippen LogP contribution in [-0.2, 0) is 0 Å². The van der Waals surface area contributed by atoms with Crippen LogP contribution in [0.5, 0.6) is 0 Å². The van der Waals surface area contributed by atoms with E-state index < -0.39 is 0 Å². The van der Waals surface area contributed by atoms with Gasteiger partial charge in [0.15, 0.2) is 0 Å². The van der Waals surface area contributed by atoms with E-state index in [0.29, 0.717) is 16.4 Å². The van der Waals surface area contributed by atoms with Gasteiger partial charge in [0.05, 0.1) is 17.0 Å². The molecule has 0 spiro atoms. The summed E-state index contributed by atoms with van der Waals surface area (Å²) in [5, 5.41) is 14.7. The summed E-state index contributed by atoms with van der Waals surface area (Å²) in [5.41, 5.74) is 4.74. The van der Waals surface area contributed by atoms with Crippen LogP contribution in [0.4, 0.5) is 5.13 Å². The van der Waals surface area contributed by atoms with Crippen molar-refractivity contribution in [2.75, 3.05) is 5.32 Å². The first-order valence-electron chi connectivity index (χ1n) is 5.82. The van der Waals surface area contributed by atoms with Crippen molar-refractivity contribution >= 4 is 33.7 Å². The average molecular weight is 302 g/mol. The van der Waals surface area contributed by atoms with Crippen LogP contribution in [0.2, 0.25) is 0 Å². The third kappa shape index (κ3) is 2.59. The summed E-state index contributed by atoms with van der Waals surface area (Å²) in [5.74, 6) is -0.219. The number of nitrogens with zero attached hydrogens (tertiary/aromatic N) is 3. The second-order valence-electron chi connectivity index (χ2n) is 4.04. The maximum atomic E-state index is 12.1. The van der Waals surface area contributed by atoms with Crippen molar-refractivity contribution in [1.82, 2.24) is 15.2 Å². The molecule has 3 rings (SSSR count).